The summed E-state index contributed by atoms with van der Waals surface area (Å²) in [5.41, 5.74) is -0.881. The van der Waals surface area contributed by atoms with Gasteiger partial charge in [0, 0.05) is 12.7 Å². The van der Waals surface area contributed by atoms with Gasteiger partial charge in [0.15, 0.2) is 0 Å². The number of hydrogen-bond donors (Lipinski definition) is 0. The minimum absolute atomic E-state index is 0.244. The molecule has 0 aromatic heterocycles. The zero-order chi connectivity index (χ0) is 15.4. The first-order valence-electron chi connectivity index (χ1n) is 7.67. The van der Waals surface area contributed by atoms with Crippen LogP contribution in [-0.4, -0.2) is 40.2 Å². The maximum atomic E-state index is 11.6. The van der Waals surface area contributed by atoms with Crippen LogP contribution in [0, 0.1) is 0 Å². The molecule has 0 spiro atoms. The molecule has 0 aliphatic carbocycles. The molecule has 0 saturated carbocycles. The highest BCUT2D eigenvalue weighted by Crippen LogP contribution is 2.22. The first kappa shape index (κ1) is 19.3. The highest BCUT2D eigenvalue weighted by Gasteiger charge is 2.40. The highest BCUT2D eigenvalue weighted by molar-refractivity contribution is 6.37. The fraction of sp³-hybridized carbons (Fsp3) is 0.800. The van der Waals surface area contributed by atoms with E-state index in [1.807, 2.05) is 6.92 Å². The largest absolute Gasteiger partial charge is 0.432 e. The summed E-state index contributed by atoms with van der Waals surface area (Å²) in [4.78, 5) is 11.6. The van der Waals surface area contributed by atoms with Crippen LogP contribution in [0.4, 0.5) is 0 Å². The molecule has 0 radical (unpaired) electrons. The van der Waals surface area contributed by atoms with Gasteiger partial charge in [-0.3, -0.25) is 0 Å². The van der Waals surface area contributed by atoms with Crippen molar-refractivity contribution in [3.63, 3.8) is 0 Å². The van der Waals surface area contributed by atoms with Gasteiger partial charge in [-0.1, -0.05) is 39.8 Å². The summed E-state index contributed by atoms with van der Waals surface area (Å²) in [6, 6.07) is 0. The summed E-state index contributed by atoms with van der Waals surface area (Å²) in [6.45, 7) is 12.9. The van der Waals surface area contributed by atoms with Crippen molar-refractivity contribution >= 4 is 15.5 Å². The molecular weight excluding hydrogens is 272 g/mol. The van der Waals surface area contributed by atoms with E-state index in [9.17, 15) is 4.79 Å². The molecule has 0 bridgehead atoms. The molecule has 2 atom stereocenters. The van der Waals surface area contributed by atoms with Gasteiger partial charge in [-0.15, -0.1) is 0 Å². The van der Waals surface area contributed by atoms with Crippen molar-refractivity contribution in [2.75, 3.05) is 13.2 Å². The highest BCUT2D eigenvalue weighted by atomic mass is 28.2. The predicted octanol–water partition coefficient (Wildman–Crippen LogP) is 2.61. The molecule has 0 aromatic carbocycles. The Bertz CT molecular complexity index is 283. The Morgan fingerprint density at radius 1 is 1.30 bits per heavy atom. The lowest BCUT2D eigenvalue weighted by Crippen LogP contribution is -2.53. The van der Waals surface area contributed by atoms with Gasteiger partial charge >= 0.3 is 5.97 Å². The number of ether oxygens (including phenoxy) is 3. The SMILES string of the molecule is C=CC(=O)OC(OCCCC)([SiH2]C)C(C)OCCCC. The van der Waals surface area contributed by atoms with Crippen LogP contribution in [0.15, 0.2) is 12.7 Å². The van der Waals surface area contributed by atoms with Crippen LogP contribution in [-0.2, 0) is 19.0 Å². The molecule has 0 aliphatic rings. The van der Waals surface area contributed by atoms with Crippen molar-refractivity contribution < 1.29 is 19.0 Å². The van der Waals surface area contributed by atoms with Crippen molar-refractivity contribution in [3.8, 4) is 0 Å². The molecule has 0 N–H and O–H groups in total. The van der Waals surface area contributed by atoms with Crippen LogP contribution in [0.2, 0.25) is 6.55 Å². The molecule has 20 heavy (non-hydrogen) atoms. The van der Waals surface area contributed by atoms with Crippen LogP contribution in [0.3, 0.4) is 0 Å². The topological polar surface area (TPSA) is 44.8 Å². The Labute approximate surface area is 125 Å². The van der Waals surface area contributed by atoms with Crippen molar-refractivity contribution in [3.05, 3.63) is 12.7 Å². The number of esters is 1. The lowest BCUT2D eigenvalue weighted by atomic mass is 10.3. The Morgan fingerprint density at radius 2 is 1.90 bits per heavy atom. The fourth-order valence-corrected chi connectivity index (χ4v) is 3.15. The zero-order valence-electron chi connectivity index (χ0n) is 13.4. The summed E-state index contributed by atoms with van der Waals surface area (Å²) < 4.78 is 17.3. The Morgan fingerprint density at radius 3 is 2.40 bits per heavy atom. The van der Waals surface area contributed by atoms with Gasteiger partial charge in [0.2, 0.25) is 5.41 Å². The summed E-state index contributed by atoms with van der Waals surface area (Å²) in [6.07, 6.45) is 5.00. The molecule has 0 aliphatic heterocycles. The van der Waals surface area contributed by atoms with E-state index < -0.39 is 20.9 Å². The van der Waals surface area contributed by atoms with E-state index in [0.29, 0.717) is 13.2 Å². The number of carbonyl (C=O) groups is 1. The van der Waals surface area contributed by atoms with Gasteiger partial charge in [-0.2, -0.15) is 0 Å². The molecule has 0 saturated heterocycles. The number of carbonyl (C=O) groups excluding carboxylic acids is 1. The second-order valence-electron chi connectivity index (χ2n) is 4.86. The van der Waals surface area contributed by atoms with Gasteiger partial charge < -0.3 is 14.2 Å². The Hall–Kier alpha value is -0.653. The predicted molar refractivity (Wildman–Crippen MR) is 84.6 cm³/mol. The van der Waals surface area contributed by atoms with Crippen LogP contribution < -0.4 is 0 Å². The molecule has 4 nitrogen and oxygen atoms in total. The van der Waals surface area contributed by atoms with Gasteiger partial charge in [0.25, 0.3) is 0 Å². The lowest BCUT2D eigenvalue weighted by Gasteiger charge is -2.37. The maximum Gasteiger partial charge on any atom is 0.332 e. The third-order valence-electron chi connectivity index (χ3n) is 3.26. The van der Waals surface area contributed by atoms with E-state index in [1.54, 1.807) is 0 Å². The summed E-state index contributed by atoms with van der Waals surface area (Å²) in [7, 11) is -0.779. The zero-order valence-corrected chi connectivity index (χ0v) is 14.9. The fourth-order valence-electron chi connectivity index (χ4n) is 1.82. The molecule has 0 heterocycles. The Kier molecular flexibility index (Phi) is 10.7. The first-order valence-corrected chi connectivity index (χ1v) is 9.79. The molecule has 0 rings (SSSR count). The number of unbranched alkanes of at least 4 members (excludes halogenated alkanes) is 2. The minimum Gasteiger partial charge on any atom is -0.432 e. The van der Waals surface area contributed by atoms with Crippen molar-refractivity contribution in [2.45, 2.75) is 64.5 Å². The average Bonchev–Trinajstić information content (AvgIpc) is 2.46. The van der Waals surface area contributed by atoms with Crippen LogP contribution in [0.1, 0.15) is 46.5 Å². The maximum absolute atomic E-state index is 11.6. The van der Waals surface area contributed by atoms with E-state index in [0.717, 1.165) is 25.7 Å². The quantitative estimate of drug-likeness (QED) is 0.183. The molecule has 2 unspecified atom stereocenters. The van der Waals surface area contributed by atoms with Crippen molar-refractivity contribution in [1.82, 2.24) is 0 Å². The third-order valence-corrected chi connectivity index (χ3v) is 5.17. The molecule has 0 fully saturated rings. The second-order valence-corrected chi connectivity index (χ2v) is 6.55. The van der Waals surface area contributed by atoms with Gasteiger partial charge in [0.1, 0.15) is 15.6 Å². The average molecular weight is 302 g/mol. The third kappa shape index (κ3) is 6.68. The second kappa shape index (κ2) is 11.1. The number of rotatable bonds is 12. The standard InChI is InChI=1S/C15H30O4Si/c1-6-9-11-17-13(4)15(20-5,18-12-10-7-2)19-14(16)8-3/h8,13H,3,6-7,9-12,20H2,1-2,4-5H3. The number of hydrogen-bond acceptors (Lipinski definition) is 4. The summed E-state index contributed by atoms with van der Waals surface area (Å²) >= 11 is 0. The van der Waals surface area contributed by atoms with Gasteiger partial charge in [-0.25, -0.2) is 4.79 Å². The van der Waals surface area contributed by atoms with E-state index in [4.69, 9.17) is 14.2 Å². The van der Waals surface area contributed by atoms with E-state index in [-0.39, 0.29) is 6.10 Å². The first-order chi connectivity index (χ1) is 9.56. The lowest BCUT2D eigenvalue weighted by molar-refractivity contribution is -0.230. The van der Waals surface area contributed by atoms with Crippen molar-refractivity contribution in [2.24, 2.45) is 0 Å². The molecule has 0 aromatic rings. The molecule has 0 amide bonds. The molecule has 5 heteroatoms. The van der Waals surface area contributed by atoms with Crippen LogP contribution in [0.5, 0.6) is 0 Å². The minimum atomic E-state index is -0.881. The monoisotopic (exact) mass is 302 g/mol. The van der Waals surface area contributed by atoms with E-state index in [1.165, 1.54) is 6.08 Å². The van der Waals surface area contributed by atoms with Gasteiger partial charge in [-0.05, 0) is 19.8 Å². The summed E-state index contributed by atoms with van der Waals surface area (Å²) in [5, 5.41) is 0. The van der Waals surface area contributed by atoms with E-state index >= 15 is 0 Å². The van der Waals surface area contributed by atoms with Crippen LogP contribution in [0.25, 0.3) is 0 Å². The normalized spacial score (nSPS) is 16.0. The van der Waals surface area contributed by atoms with Gasteiger partial charge in [0.05, 0.1) is 6.61 Å². The molecule has 118 valence electrons. The van der Waals surface area contributed by atoms with E-state index in [2.05, 4.69) is 27.0 Å². The van der Waals surface area contributed by atoms with Crippen LogP contribution >= 0.6 is 0 Å². The van der Waals surface area contributed by atoms with Crippen molar-refractivity contribution in [1.29, 1.82) is 0 Å². The Balaban J connectivity index is 4.77. The molecular formula is C15H30O4Si. The summed E-state index contributed by atoms with van der Waals surface area (Å²) in [5.74, 6) is -0.443. The smallest absolute Gasteiger partial charge is 0.332 e.